The van der Waals surface area contributed by atoms with Crippen LogP contribution in [-0.2, 0) is 0 Å². The Kier molecular flexibility index (Phi) is 4.45. The molecule has 0 amide bonds. The summed E-state index contributed by atoms with van der Waals surface area (Å²) in [5.74, 6) is -2.91. The van der Waals surface area contributed by atoms with Gasteiger partial charge in [0.25, 0.3) is 0 Å². The predicted octanol–water partition coefficient (Wildman–Crippen LogP) is 2.64. The summed E-state index contributed by atoms with van der Waals surface area (Å²) in [5.41, 5.74) is -0.503. The number of Topliss-reactive ketones (excluding diaryl/α,β-unsaturated/α-hetero) is 1. The maximum absolute atomic E-state index is 12.1. The number of aromatic hydroxyl groups is 2. The first-order chi connectivity index (χ1) is 10.9. The van der Waals surface area contributed by atoms with Crippen molar-refractivity contribution in [1.29, 1.82) is 0 Å². The van der Waals surface area contributed by atoms with Gasteiger partial charge in [0.1, 0.15) is 22.6 Å². The quantitative estimate of drug-likeness (QED) is 0.389. The van der Waals surface area contributed by atoms with Crippen molar-refractivity contribution in [3.8, 4) is 17.2 Å². The van der Waals surface area contributed by atoms with Crippen molar-refractivity contribution < 1.29 is 29.3 Å². The zero-order valence-electron chi connectivity index (χ0n) is 12.5. The Morgan fingerprint density at radius 3 is 2.22 bits per heavy atom. The summed E-state index contributed by atoms with van der Waals surface area (Å²) in [6.45, 7) is 2.51. The summed E-state index contributed by atoms with van der Waals surface area (Å²) in [6, 6.07) is 8.03. The molecule has 23 heavy (non-hydrogen) atoms. The van der Waals surface area contributed by atoms with E-state index in [0.717, 1.165) is 6.92 Å². The number of carbonyl (C=O) groups excluding carboxylic acids is 3. The first-order valence-electron chi connectivity index (χ1n) is 6.70. The second kappa shape index (κ2) is 6.31. The van der Waals surface area contributed by atoms with Crippen LogP contribution in [0.15, 0.2) is 30.3 Å². The maximum atomic E-state index is 12.1. The second-order valence-electron chi connectivity index (χ2n) is 4.87. The topological polar surface area (TPSA) is 101 Å². The molecule has 118 valence electrons. The van der Waals surface area contributed by atoms with Gasteiger partial charge >= 0.3 is 5.97 Å². The third-order valence-electron chi connectivity index (χ3n) is 3.34. The number of ether oxygens (including phenoxy) is 1. The summed E-state index contributed by atoms with van der Waals surface area (Å²) < 4.78 is 5.15. The molecular weight excluding hydrogens is 300 g/mol. The van der Waals surface area contributed by atoms with E-state index in [2.05, 4.69) is 0 Å². The highest BCUT2D eigenvalue weighted by Crippen LogP contribution is 2.41. The van der Waals surface area contributed by atoms with Gasteiger partial charge in [0, 0.05) is 5.56 Å². The second-order valence-corrected chi connectivity index (χ2v) is 4.87. The van der Waals surface area contributed by atoms with Gasteiger partial charge in [0.2, 0.25) is 0 Å². The molecule has 2 aromatic carbocycles. The van der Waals surface area contributed by atoms with Gasteiger partial charge in [0.15, 0.2) is 17.8 Å². The molecule has 0 radical (unpaired) electrons. The summed E-state index contributed by atoms with van der Waals surface area (Å²) >= 11 is 0. The number of ketones is 1. The van der Waals surface area contributed by atoms with Gasteiger partial charge in [-0.3, -0.25) is 9.59 Å². The number of benzene rings is 2. The van der Waals surface area contributed by atoms with Gasteiger partial charge in [-0.05, 0) is 26.0 Å². The van der Waals surface area contributed by atoms with Crippen molar-refractivity contribution in [2.24, 2.45) is 0 Å². The molecule has 2 rings (SSSR count). The minimum Gasteiger partial charge on any atom is -0.507 e. The maximum Gasteiger partial charge on any atom is 0.343 e. The molecule has 0 aromatic heterocycles. The van der Waals surface area contributed by atoms with Crippen LogP contribution in [-0.4, -0.2) is 28.3 Å². The molecule has 0 heterocycles. The van der Waals surface area contributed by atoms with Crippen LogP contribution in [0.25, 0.3) is 0 Å². The number of hydrogen-bond acceptors (Lipinski definition) is 6. The monoisotopic (exact) mass is 314 g/mol. The third-order valence-corrected chi connectivity index (χ3v) is 3.34. The van der Waals surface area contributed by atoms with E-state index in [-0.39, 0.29) is 34.3 Å². The van der Waals surface area contributed by atoms with E-state index in [4.69, 9.17) is 4.74 Å². The molecule has 0 spiro atoms. The zero-order chi connectivity index (χ0) is 17.1. The van der Waals surface area contributed by atoms with E-state index < -0.39 is 23.3 Å². The lowest BCUT2D eigenvalue weighted by Gasteiger charge is -2.15. The van der Waals surface area contributed by atoms with E-state index in [1.807, 2.05) is 0 Å². The van der Waals surface area contributed by atoms with Crippen LogP contribution in [0.2, 0.25) is 0 Å². The molecule has 6 nitrogen and oxygen atoms in total. The van der Waals surface area contributed by atoms with Gasteiger partial charge in [-0.1, -0.05) is 18.2 Å². The van der Waals surface area contributed by atoms with Crippen molar-refractivity contribution in [3.63, 3.8) is 0 Å². The molecular formula is C17H14O6. The summed E-state index contributed by atoms with van der Waals surface area (Å²) in [4.78, 5) is 34.9. The first kappa shape index (κ1) is 16.2. The van der Waals surface area contributed by atoms with Gasteiger partial charge < -0.3 is 14.9 Å². The molecule has 0 unspecified atom stereocenters. The Balaban J connectivity index is 2.57. The minimum atomic E-state index is -0.758. The van der Waals surface area contributed by atoms with Gasteiger partial charge in [0.05, 0.1) is 5.56 Å². The Morgan fingerprint density at radius 1 is 1.09 bits per heavy atom. The average molecular weight is 314 g/mol. The molecule has 0 aliphatic rings. The van der Waals surface area contributed by atoms with Gasteiger partial charge in [-0.15, -0.1) is 0 Å². The highest BCUT2D eigenvalue weighted by molar-refractivity contribution is 6.04. The van der Waals surface area contributed by atoms with Gasteiger partial charge in [-0.2, -0.15) is 0 Å². The fourth-order valence-electron chi connectivity index (χ4n) is 2.15. The third kappa shape index (κ3) is 2.91. The Hall–Kier alpha value is -3.15. The lowest BCUT2D eigenvalue weighted by atomic mass is 9.99. The van der Waals surface area contributed by atoms with E-state index in [1.54, 1.807) is 18.2 Å². The number of carbonyl (C=O) groups is 3. The SMILES string of the molecule is CC(=O)c1c(O)c(C)c(OC(=O)c2ccccc2)c(C=O)c1O. The number of aldehydes is 1. The molecule has 0 bridgehead atoms. The average Bonchev–Trinajstić information content (AvgIpc) is 2.53. The van der Waals surface area contributed by atoms with Gasteiger partial charge in [-0.25, -0.2) is 4.79 Å². The molecule has 0 aliphatic heterocycles. The first-order valence-corrected chi connectivity index (χ1v) is 6.70. The number of rotatable bonds is 4. The number of phenolic OH excluding ortho intramolecular Hbond substituents is 2. The molecule has 6 heteroatoms. The van der Waals surface area contributed by atoms with E-state index in [1.165, 1.54) is 19.1 Å². The Bertz CT molecular complexity index is 793. The summed E-state index contributed by atoms with van der Waals surface area (Å²) in [6.07, 6.45) is 0.266. The Labute approximate surface area is 131 Å². The number of hydrogen-bond donors (Lipinski definition) is 2. The smallest absolute Gasteiger partial charge is 0.343 e. The van der Waals surface area contributed by atoms with Crippen molar-refractivity contribution in [2.75, 3.05) is 0 Å². The van der Waals surface area contributed by atoms with Crippen molar-refractivity contribution >= 4 is 18.0 Å². The van der Waals surface area contributed by atoms with Crippen molar-refractivity contribution in [3.05, 3.63) is 52.6 Å². The molecule has 0 atom stereocenters. The van der Waals surface area contributed by atoms with Crippen LogP contribution in [0.5, 0.6) is 17.2 Å². The fourth-order valence-corrected chi connectivity index (χ4v) is 2.15. The van der Waals surface area contributed by atoms with Crippen LogP contribution >= 0.6 is 0 Å². The Morgan fingerprint density at radius 2 is 1.70 bits per heavy atom. The highest BCUT2D eigenvalue weighted by atomic mass is 16.5. The predicted molar refractivity (Wildman–Crippen MR) is 81.3 cm³/mol. The molecule has 0 fully saturated rings. The number of phenols is 2. The molecule has 0 saturated heterocycles. The lowest BCUT2D eigenvalue weighted by molar-refractivity contribution is 0.0731. The largest absolute Gasteiger partial charge is 0.507 e. The molecule has 2 aromatic rings. The zero-order valence-corrected chi connectivity index (χ0v) is 12.5. The standard InChI is InChI=1S/C17H14O6/c1-9-14(20)13(10(2)19)15(21)12(8-18)16(9)23-17(22)11-6-4-3-5-7-11/h3-8,20-21H,1-2H3. The van der Waals surface area contributed by atoms with Crippen LogP contribution in [0, 0.1) is 6.92 Å². The molecule has 0 aliphatic carbocycles. The van der Waals surface area contributed by atoms with E-state index >= 15 is 0 Å². The highest BCUT2D eigenvalue weighted by Gasteiger charge is 2.26. The summed E-state index contributed by atoms with van der Waals surface area (Å²) in [5, 5.41) is 20.1. The van der Waals surface area contributed by atoms with Crippen LogP contribution < -0.4 is 4.74 Å². The van der Waals surface area contributed by atoms with E-state index in [0.29, 0.717) is 0 Å². The lowest BCUT2D eigenvalue weighted by Crippen LogP contribution is -2.12. The van der Waals surface area contributed by atoms with Crippen LogP contribution in [0.1, 0.15) is 43.6 Å². The van der Waals surface area contributed by atoms with Crippen molar-refractivity contribution in [2.45, 2.75) is 13.8 Å². The van der Waals surface area contributed by atoms with Crippen molar-refractivity contribution in [1.82, 2.24) is 0 Å². The summed E-state index contributed by atoms with van der Waals surface area (Å²) in [7, 11) is 0. The van der Waals surface area contributed by atoms with Crippen LogP contribution in [0.4, 0.5) is 0 Å². The number of esters is 1. The normalized spacial score (nSPS) is 10.2. The fraction of sp³-hybridized carbons (Fsp3) is 0.118. The van der Waals surface area contributed by atoms with Crippen LogP contribution in [0.3, 0.4) is 0 Å². The van der Waals surface area contributed by atoms with E-state index in [9.17, 15) is 24.6 Å². The minimum absolute atomic E-state index is 0.0133. The molecule has 2 N–H and O–H groups in total. The molecule has 0 saturated carbocycles.